The van der Waals surface area contributed by atoms with Gasteiger partial charge in [0.1, 0.15) is 23.2 Å². The quantitative estimate of drug-likeness (QED) is 0.354. The minimum absolute atomic E-state index is 0.122. The summed E-state index contributed by atoms with van der Waals surface area (Å²) in [7, 11) is 0. The smallest absolute Gasteiger partial charge is 0.419 e. The van der Waals surface area contributed by atoms with E-state index in [4.69, 9.17) is 4.74 Å². The van der Waals surface area contributed by atoms with Crippen LogP contribution in [0, 0.1) is 24.5 Å². The standard InChI is InChI=1S/C23H24F5N5O/c1-14-11-29-21(32-14)20-18(24)9-17(10-19(20)25)34-8-2-3-15-4-6-33(7-5-15)22-30-12-16(13-31-22)23(26,27)28/h9-13,15H,2-8H2,1H3,(H,29,32). The minimum atomic E-state index is -4.45. The number of nitrogens with zero attached hydrogens (tertiary/aromatic N) is 4. The maximum absolute atomic E-state index is 14.4. The third-order valence-corrected chi connectivity index (χ3v) is 5.84. The fourth-order valence-corrected chi connectivity index (χ4v) is 4.01. The number of ether oxygens (including phenoxy) is 1. The van der Waals surface area contributed by atoms with Gasteiger partial charge >= 0.3 is 6.18 Å². The van der Waals surface area contributed by atoms with E-state index < -0.39 is 23.4 Å². The molecule has 0 saturated carbocycles. The van der Waals surface area contributed by atoms with Gasteiger partial charge in [0.2, 0.25) is 5.95 Å². The van der Waals surface area contributed by atoms with E-state index in [1.54, 1.807) is 6.92 Å². The molecule has 0 spiro atoms. The number of benzene rings is 1. The number of rotatable bonds is 7. The zero-order chi connectivity index (χ0) is 24.3. The molecule has 0 radical (unpaired) electrons. The molecule has 11 heteroatoms. The molecule has 1 saturated heterocycles. The second-order valence-corrected chi connectivity index (χ2v) is 8.37. The summed E-state index contributed by atoms with van der Waals surface area (Å²) in [6, 6.07) is 2.30. The number of hydrogen-bond acceptors (Lipinski definition) is 5. The molecule has 1 N–H and O–H groups in total. The SMILES string of the molecule is Cc1cnc(-c2c(F)cc(OCCCC3CCN(c4ncc(C(F)(F)F)cn4)CC3)cc2F)[nH]1. The molecule has 0 amide bonds. The zero-order valence-electron chi connectivity index (χ0n) is 18.5. The number of anilines is 1. The van der Waals surface area contributed by atoms with Crippen LogP contribution in [-0.4, -0.2) is 39.6 Å². The first-order valence-corrected chi connectivity index (χ1v) is 11.0. The number of alkyl halides is 3. The van der Waals surface area contributed by atoms with Crippen LogP contribution in [0.3, 0.4) is 0 Å². The maximum atomic E-state index is 14.4. The predicted octanol–water partition coefficient (Wildman–Crippen LogP) is 5.55. The summed E-state index contributed by atoms with van der Waals surface area (Å²) >= 11 is 0. The third kappa shape index (κ3) is 5.63. The van der Waals surface area contributed by atoms with Gasteiger partial charge in [-0.1, -0.05) is 0 Å². The summed E-state index contributed by atoms with van der Waals surface area (Å²) in [6.45, 7) is 3.37. The molecular weight excluding hydrogens is 457 g/mol. The van der Waals surface area contributed by atoms with Crippen LogP contribution in [0.5, 0.6) is 5.75 Å². The van der Waals surface area contributed by atoms with Gasteiger partial charge in [-0.2, -0.15) is 13.2 Å². The molecule has 3 aromatic rings. The Bertz CT molecular complexity index is 1080. The first kappa shape index (κ1) is 23.9. The lowest BCUT2D eigenvalue weighted by molar-refractivity contribution is -0.138. The van der Waals surface area contributed by atoms with Crippen molar-refractivity contribution in [3.8, 4) is 17.1 Å². The summed E-state index contributed by atoms with van der Waals surface area (Å²) in [5.74, 6) is -0.521. The van der Waals surface area contributed by atoms with Crippen LogP contribution in [0.4, 0.5) is 27.9 Å². The highest BCUT2D eigenvalue weighted by Gasteiger charge is 2.32. The van der Waals surface area contributed by atoms with Crippen LogP contribution < -0.4 is 9.64 Å². The van der Waals surface area contributed by atoms with Crippen LogP contribution in [0.2, 0.25) is 0 Å². The molecular formula is C23H24F5N5O. The van der Waals surface area contributed by atoms with Gasteiger partial charge in [0.25, 0.3) is 0 Å². The largest absolute Gasteiger partial charge is 0.493 e. The summed E-state index contributed by atoms with van der Waals surface area (Å²) in [5, 5.41) is 0. The van der Waals surface area contributed by atoms with Crippen molar-refractivity contribution >= 4 is 5.95 Å². The summed E-state index contributed by atoms with van der Waals surface area (Å²) < 4.78 is 72.3. The van der Waals surface area contributed by atoms with E-state index in [0.717, 1.165) is 43.8 Å². The first-order chi connectivity index (χ1) is 16.2. The van der Waals surface area contributed by atoms with Gasteiger partial charge in [-0.05, 0) is 38.5 Å². The van der Waals surface area contributed by atoms with Gasteiger partial charge < -0.3 is 14.6 Å². The number of imidazole rings is 1. The molecule has 1 aromatic carbocycles. The second kappa shape index (κ2) is 9.94. The van der Waals surface area contributed by atoms with Crippen LogP contribution >= 0.6 is 0 Å². The number of nitrogens with one attached hydrogen (secondary N) is 1. The monoisotopic (exact) mass is 481 g/mol. The topological polar surface area (TPSA) is 66.9 Å². The van der Waals surface area contributed by atoms with E-state index in [1.807, 2.05) is 4.90 Å². The molecule has 6 nitrogen and oxygen atoms in total. The molecule has 0 atom stereocenters. The van der Waals surface area contributed by atoms with Crippen molar-refractivity contribution in [2.75, 3.05) is 24.6 Å². The summed E-state index contributed by atoms with van der Waals surface area (Å²) in [6.07, 6.45) is 1.95. The molecule has 0 bridgehead atoms. The van der Waals surface area contributed by atoms with E-state index in [1.165, 1.54) is 6.20 Å². The molecule has 4 rings (SSSR count). The van der Waals surface area contributed by atoms with Crippen molar-refractivity contribution in [3.05, 3.63) is 53.6 Å². The average Bonchev–Trinajstić information content (AvgIpc) is 3.22. The maximum Gasteiger partial charge on any atom is 0.419 e. The molecule has 2 aromatic heterocycles. The fraction of sp³-hybridized carbons (Fsp3) is 0.435. The number of piperidine rings is 1. The van der Waals surface area contributed by atoms with Gasteiger partial charge in [-0.3, -0.25) is 0 Å². The zero-order valence-corrected chi connectivity index (χ0v) is 18.5. The first-order valence-electron chi connectivity index (χ1n) is 11.0. The van der Waals surface area contributed by atoms with Crippen LogP contribution in [0.15, 0.2) is 30.7 Å². The van der Waals surface area contributed by atoms with E-state index >= 15 is 0 Å². The van der Waals surface area contributed by atoms with E-state index in [-0.39, 0.29) is 17.1 Å². The number of H-pyrrole nitrogens is 1. The van der Waals surface area contributed by atoms with E-state index in [2.05, 4.69) is 19.9 Å². The average molecular weight is 481 g/mol. The van der Waals surface area contributed by atoms with Gasteiger partial charge in [0.15, 0.2) is 0 Å². The predicted molar refractivity (Wildman–Crippen MR) is 115 cm³/mol. The fourth-order valence-electron chi connectivity index (χ4n) is 4.01. The number of aromatic nitrogens is 4. The minimum Gasteiger partial charge on any atom is -0.493 e. The number of aryl methyl sites for hydroxylation is 1. The summed E-state index contributed by atoms with van der Waals surface area (Å²) in [5.41, 5.74) is -0.382. The molecule has 0 unspecified atom stereocenters. The Morgan fingerprint density at radius 1 is 1.03 bits per heavy atom. The van der Waals surface area contributed by atoms with Gasteiger partial charge in [0, 0.05) is 49.5 Å². The lowest BCUT2D eigenvalue weighted by atomic mass is 9.92. The molecule has 182 valence electrons. The van der Waals surface area contributed by atoms with Crippen molar-refractivity contribution < 1.29 is 26.7 Å². The lowest BCUT2D eigenvalue weighted by Gasteiger charge is -2.32. The number of halogens is 5. The molecule has 3 heterocycles. The summed E-state index contributed by atoms with van der Waals surface area (Å²) in [4.78, 5) is 16.4. The molecule has 1 aliphatic heterocycles. The Morgan fingerprint density at radius 3 is 2.24 bits per heavy atom. The van der Waals surface area contributed by atoms with Gasteiger partial charge in [-0.25, -0.2) is 23.7 Å². The Balaban J connectivity index is 1.22. The third-order valence-electron chi connectivity index (χ3n) is 5.84. The molecule has 1 aliphatic rings. The Labute approximate surface area is 193 Å². The highest BCUT2D eigenvalue weighted by molar-refractivity contribution is 5.58. The highest BCUT2D eigenvalue weighted by Crippen LogP contribution is 2.30. The Hall–Kier alpha value is -3.24. The van der Waals surface area contributed by atoms with Gasteiger partial charge in [-0.15, -0.1) is 0 Å². The Morgan fingerprint density at radius 2 is 1.68 bits per heavy atom. The van der Waals surface area contributed by atoms with Crippen LogP contribution in [-0.2, 0) is 6.18 Å². The van der Waals surface area contributed by atoms with Crippen molar-refractivity contribution in [2.24, 2.45) is 5.92 Å². The van der Waals surface area contributed by atoms with Crippen molar-refractivity contribution in [2.45, 2.75) is 38.8 Å². The van der Waals surface area contributed by atoms with Crippen molar-refractivity contribution in [1.82, 2.24) is 19.9 Å². The highest BCUT2D eigenvalue weighted by atomic mass is 19.4. The van der Waals surface area contributed by atoms with Crippen molar-refractivity contribution in [3.63, 3.8) is 0 Å². The molecule has 34 heavy (non-hydrogen) atoms. The van der Waals surface area contributed by atoms with Crippen molar-refractivity contribution in [1.29, 1.82) is 0 Å². The van der Waals surface area contributed by atoms with Crippen LogP contribution in [0.25, 0.3) is 11.4 Å². The normalized spacial score (nSPS) is 15.1. The van der Waals surface area contributed by atoms with Gasteiger partial charge in [0.05, 0.1) is 17.7 Å². The second-order valence-electron chi connectivity index (χ2n) is 8.37. The van der Waals surface area contributed by atoms with Crippen LogP contribution in [0.1, 0.15) is 36.9 Å². The lowest BCUT2D eigenvalue weighted by Crippen LogP contribution is -2.35. The van der Waals surface area contributed by atoms with E-state index in [0.29, 0.717) is 43.7 Å². The molecule has 0 aliphatic carbocycles. The Kier molecular flexibility index (Phi) is 6.99. The van der Waals surface area contributed by atoms with E-state index in [9.17, 15) is 22.0 Å². The number of aromatic amines is 1. The molecule has 1 fully saturated rings. The number of hydrogen-bond donors (Lipinski definition) is 1.